The molecule has 0 spiro atoms. The number of carbonyl (C=O) groups excluding carboxylic acids is 1. The van der Waals surface area contributed by atoms with Crippen molar-refractivity contribution in [3.8, 4) is 0 Å². The van der Waals surface area contributed by atoms with Gasteiger partial charge in [-0.3, -0.25) is 0 Å². The summed E-state index contributed by atoms with van der Waals surface area (Å²) < 4.78 is 10.2. The summed E-state index contributed by atoms with van der Waals surface area (Å²) in [6, 6.07) is 0. The zero-order valence-corrected chi connectivity index (χ0v) is 7.84. The molecule has 5 nitrogen and oxygen atoms in total. The van der Waals surface area contributed by atoms with Crippen molar-refractivity contribution in [1.29, 1.82) is 0 Å². The van der Waals surface area contributed by atoms with Crippen LogP contribution in [0.15, 0.2) is 0 Å². The van der Waals surface area contributed by atoms with E-state index in [1.54, 1.807) is 0 Å². The lowest BCUT2D eigenvalue weighted by atomic mass is 10.4. The average molecular weight is 188 g/mol. The summed E-state index contributed by atoms with van der Waals surface area (Å²) in [6.07, 6.45) is -0.464. The number of amides is 1. The van der Waals surface area contributed by atoms with Crippen molar-refractivity contribution in [2.75, 3.05) is 32.8 Å². The maximum Gasteiger partial charge on any atom is 0.407 e. The lowest BCUT2D eigenvalue weighted by Crippen LogP contribution is -2.24. The number of cyclic esters (lactones) is 1. The molecule has 5 heteroatoms. The van der Waals surface area contributed by atoms with Crippen LogP contribution < -0.4 is 10.6 Å². The number of alkyl carbamates (subject to hydrolysis) is 1. The molecule has 0 aromatic rings. The predicted molar refractivity (Wildman–Crippen MR) is 47.6 cm³/mol. The van der Waals surface area contributed by atoms with Crippen LogP contribution in [-0.4, -0.2) is 45.0 Å². The smallest absolute Gasteiger partial charge is 0.407 e. The van der Waals surface area contributed by atoms with Crippen LogP contribution in [0.5, 0.6) is 0 Å². The molecule has 13 heavy (non-hydrogen) atoms. The van der Waals surface area contributed by atoms with Gasteiger partial charge in [0.2, 0.25) is 0 Å². The maximum atomic E-state index is 10.6. The monoisotopic (exact) mass is 188 g/mol. The van der Waals surface area contributed by atoms with Crippen LogP contribution >= 0.6 is 0 Å². The molecule has 1 rings (SSSR count). The Labute approximate surface area is 77.8 Å². The van der Waals surface area contributed by atoms with Crippen molar-refractivity contribution in [2.45, 2.75) is 13.0 Å². The van der Waals surface area contributed by atoms with E-state index in [-0.39, 0.29) is 12.2 Å². The van der Waals surface area contributed by atoms with Gasteiger partial charge in [0.25, 0.3) is 0 Å². The molecule has 0 bridgehead atoms. The lowest BCUT2D eigenvalue weighted by Gasteiger charge is -2.08. The Morgan fingerprint density at radius 2 is 2.62 bits per heavy atom. The molecule has 1 aliphatic heterocycles. The number of nitrogens with one attached hydrogen (secondary N) is 2. The molecule has 1 aliphatic rings. The summed E-state index contributed by atoms with van der Waals surface area (Å²) >= 11 is 0. The summed E-state index contributed by atoms with van der Waals surface area (Å²) in [6.45, 7) is 5.52. The van der Waals surface area contributed by atoms with Crippen LogP contribution in [0.3, 0.4) is 0 Å². The van der Waals surface area contributed by atoms with Crippen LogP contribution in [0.25, 0.3) is 0 Å². The molecular formula is C8H16N2O3. The predicted octanol–water partition coefficient (Wildman–Crippen LogP) is -0.279. The molecule has 76 valence electrons. The zero-order chi connectivity index (χ0) is 9.52. The lowest BCUT2D eigenvalue weighted by molar-refractivity contribution is 0.0473. The number of carbonyl (C=O) groups is 1. The number of hydrogen-bond donors (Lipinski definition) is 2. The molecule has 1 heterocycles. The van der Waals surface area contributed by atoms with Gasteiger partial charge in [0.15, 0.2) is 0 Å². The second-order valence-electron chi connectivity index (χ2n) is 2.84. The Morgan fingerprint density at radius 1 is 1.77 bits per heavy atom. The van der Waals surface area contributed by atoms with Gasteiger partial charge in [-0.15, -0.1) is 0 Å². The van der Waals surface area contributed by atoms with Gasteiger partial charge in [0, 0.05) is 6.54 Å². The summed E-state index contributed by atoms with van der Waals surface area (Å²) in [5.74, 6) is 0. The Balaban J connectivity index is 1.91. The molecule has 0 aliphatic carbocycles. The van der Waals surface area contributed by atoms with Crippen molar-refractivity contribution in [2.24, 2.45) is 0 Å². The van der Waals surface area contributed by atoms with Gasteiger partial charge in [-0.2, -0.15) is 0 Å². The van der Waals surface area contributed by atoms with Crippen molar-refractivity contribution in [1.82, 2.24) is 10.6 Å². The van der Waals surface area contributed by atoms with E-state index >= 15 is 0 Å². The molecule has 0 radical (unpaired) electrons. The maximum absolute atomic E-state index is 10.6. The van der Waals surface area contributed by atoms with Crippen LogP contribution in [0.4, 0.5) is 4.79 Å². The highest BCUT2D eigenvalue weighted by Gasteiger charge is 2.21. The van der Waals surface area contributed by atoms with Crippen LogP contribution in [0.2, 0.25) is 0 Å². The normalized spacial score (nSPS) is 21.3. The fraction of sp³-hybridized carbons (Fsp3) is 0.875. The average Bonchev–Trinajstić information content (AvgIpc) is 2.51. The summed E-state index contributed by atoms with van der Waals surface area (Å²) in [7, 11) is 0. The van der Waals surface area contributed by atoms with E-state index in [0.29, 0.717) is 19.8 Å². The van der Waals surface area contributed by atoms with Gasteiger partial charge in [-0.1, -0.05) is 6.92 Å². The Kier molecular flexibility index (Phi) is 4.56. The summed E-state index contributed by atoms with van der Waals surface area (Å²) in [4.78, 5) is 10.6. The second-order valence-corrected chi connectivity index (χ2v) is 2.84. The topological polar surface area (TPSA) is 59.6 Å². The van der Waals surface area contributed by atoms with Crippen LogP contribution in [-0.2, 0) is 9.47 Å². The molecule has 2 N–H and O–H groups in total. The van der Waals surface area contributed by atoms with Crippen LogP contribution in [0, 0.1) is 0 Å². The van der Waals surface area contributed by atoms with E-state index in [1.165, 1.54) is 0 Å². The molecule has 1 fully saturated rings. The summed E-state index contributed by atoms with van der Waals surface area (Å²) in [5, 5.41) is 5.70. The van der Waals surface area contributed by atoms with E-state index in [1.807, 2.05) is 6.92 Å². The molecule has 1 unspecified atom stereocenters. The van der Waals surface area contributed by atoms with E-state index < -0.39 is 0 Å². The highest BCUT2D eigenvalue weighted by molar-refractivity contribution is 5.69. The minimum absolute atomic E-state index is 0.117. The Morgan fingerprint density at radius 3 is 3.23 bits per heavy atom. The first kappa shape index (κ1) is 10.3. The number of likely N-dealkylation sites (N-methyl/N-ethyl adjacent to an activating group) is 1. The molecule has 1 amide bonds. The third-order valence-electron chi connectivity index (χ3n) is 1.72. The quantitative estimate of drug-likeness (QED) is 0.563. The largest absolute Gasteiger partial charge is 0.442 e. The van der Waals surface area contributed by atoms with Gasteiger partial charge < -0.3 is 20.1 Å². The molecule has 1 atom stereocenters. The van der Waals surface area contributed by atoms with Crippen molar-refractivity contribution >= 4 is 6.09 Å². The van der Waals surface area contributed by atoms with E-state index in [4.69, 9.17) is 9.47 Å². The van der Waals surface area contributed by atoms with E-state index in [2.05, 4.69) is 10.6 Å². The van der Waals surface area contributed by atoms with E-state index in [9.17, 15) is 4.79 Å². The molecular weight excluding hydrogens is 172 g/mol. The highest BCUT2D eigenvalue weighted by Crippen LogP contribution is 1.99. The zero-order valence-electron chi connectivity index (χ0n) is 7.84. The van der Waals surface area contributed by atoms with Gasteiger partial charge >= 0.3 is 6.09 Å². The van der Waals surface area contributed by atoms with Crippen molar-refractivity contribution in [3.63, 3.8) is 0 Å². The van der Waals surface area contributed by atoms with Gasteiger partial charge in [-0.05, 0) is 6.54 Å². The third kappa shape index (κ3) is 4.10. The number of rotatable bonds is 6. The Hall–Kier alpha value is -0.810. The highest BCUT2D eigenvalue weighted by atomic mass is 16.6. The second kappa shape index (κ2) is 5.77. The minimum Gasteiger partial charge on any atom is -0.442 e. The Bertz CT molecular complexity index is 163. The fourth-order valence-corrected chi connectivity index (χ4v) is 1.06. The fourth-order valence-electron chi connectivity index (χ4n) is 1.06. The molecule has 0 aromatic heterocycles. The van der Waals surface area contributed by atoms with Gasteiger partial charge in [0.1, 0.15) is 6.10 Å². The van der Waals surface area contributed by atoms with Crippen LogP contribution in [0.1, 0.15) is 6.92 Å². The first-order valence-electron chi connectivity index (χ1n) is 4.56. The van der Waals surface area contributed by atoms with Crippen molar-refractivity contribution in [3.05, 3.63) is 0 Å². The van der Waals surface area contributed by atoms with Gasteiger partial charge in [0.05, 0.1) is 19.8 Å². The van der Waals surface area contributed by atoms with Crippen molar-refractivity contribution < 1.29 is 14.3 Å². The molecule has 0 saturated carbocycles. The standard InChI is InChI=1S/C8H16N2O3/c1-2-9-3-4-12-6-7-5-10-8(11)13-7/h7,9H,2-6H2,1H3,(H,10,11). The number of ether oxygens (including phenoxy) is 2. The van der Waals surface area contributed by atoms with Gasteiger partial charge in [-0.25, -0.2) is 4.79 Å². The SMILES string of the molecule is CCNCCOCC1CNC(=O)O1. The summed E-state index contributed by atoms with van der Waals surface area (Å²) in [5.41, 5.74) is 0. The minimum atomic E-state index is -0.347. The molecule has 1 saturated heterocycles. The first-order valence-corrected chi connectivity index (χ1v) is 4.56. The van der Waals surface area contributed by atoms with E-state index in [0.717, 1.165) is 13.1 Å². The first-order chi connectivity index (χ1) is 6.33. The third-order valence-corrected chi connectivity index (χ3v) is 1.72. The molecule has 0 aromatic carbocycles. The number of hydrogen-bond acceptors (Lipinski definition) is 4.